The summed E-state index contributed by atoms with van der Waals surface area (Å²) in [6.45, 7) is 5.57. The molecule has 2 unspecified atom stereocenters. The van der Waals surface area contributed by atoms with E-state index in [2.05, 4.69) is 18.4 Å². The molecule has 0 radical (unpaired) electrons. The van der Waals surface area contributed by atoms with Gasteiger partial charge in [0.2, 0.25) is 0 Å². The largest absolute Gasteiger partial charge is 0.491 e. The van der Waals surface area contributed by atoms with Crippen LogP contribution in [0.3, 0.4) is 0 Å². The monoisotopic (exact) mass is 402 g/mol. The van der Waals surface area contributed by atoms with E-state index < -0.39 is 6.10 Å². The molecule has 0 saturated carbocycles. The van der Waals surface area contributed by atoms with Gasteiger partial charge in [-0.15, -0.1) is 12.4 Å². The number of ether oxygens (including phenoxy) is 2. The molecule has 0 aliphatic carbocycles. The number of hydrogen-bond donors (Lipinski definition) is 1. The Hall–Kier alpha value is -2.08. The summed E-state index contributed by atoms with van der Waals surface area (Å²) in [5.74, 6) is 1.69. The third-order valence-corrected chi connectivity index (χ3v) is 5.22. The number of benzene rings is 2. The van der Waals surface area contributed by atoms with Gasteiger partial charge in [0.15, 0.2) is 0 Å². The second-order valence-electron chi connectivity index (χ2n) is 7.28. The van der Waals surface area contributed by atoms with E-state index in [1.807, 2.05) is 42.5 Å². The Morgan fingerprint density at radius 3 is 2.79 bits per heavy atom. The Morgan fingerprint density at radius 2 is 2.04 bits per heavy atom. The molecule has 1 N–H and O–H groups in total. The van der Waals surface area contributed by atoms with Crippen molar-refractivity contribution < 1.29 is 14.6 Å². The Kier molecular flexibility index (Phi) is 6.60. The second-order valence-corrected chi connectivity index (χ2v) is 7.28. The van der Waals surface area contributed by atoms with Crippen LogP contribution >= 0.6 is 12.4 Å². The fourth-order valence-electron chi connectivity index (χ4n) is 3.57. The Bertz CT molecular complexity index is 935. The van der Waals surface area contributed by atoms with Crippen LogP contribution in [-0.2, 0) is 11.3 Å². The van der Waals surface area contributed by atoms with E-state index in [4.69, 9.17) is 14.5 Å². The lowest BCUT2D eigenvalue weighted by Gasteiger charge is -2.18. The van der Waals surface area contributed by atoms with E-state index in [1.165, 1.54) is 11.1 Å². The first kappa shape index (κ1) is 20.6. The molecule has 0 spiro atoms. The molecule has 1 aliphatic rings. The van der Waals surface area contributed by atoms with Gasteiger partial charge >= 0.3 is 0 Å². The van der Waals surface area contributed by atoms with Crippen LogP contribution in [-0.4, -0.2) is 34.0 Å². The average molecular weight is 403 g/mol. The number of hydrogen-bond acceptors (Lipinski definition) is 4. The lowest BCUT2D eigenvalue weighted by Crippen LogP contribution is -2.25. The maximum absolute atomic E-state index is 10.6. The fourth-order valence-corrected chi connectivity index (χ4v) is 3.57. The molecule has 1 fully saturated rings. The summed E-state index contributed by atoms with van der Waals surface area (Å²) in [6.07, 6.45) is 1.39. The summed E-state index contributed by atoms with van der Waals surface area (Å²) in [7, 11) is 0. The smallest absolute Gasteiger partial charge is 0.139 e. The lowest BCUT2D eigenvalue weighted by molar-refractivity contribution is 0.0805. The van der Waals surface area contributed by atoms with E-state index in [9.17, 15) is 5.11 Å². The molecule has 2 aromatic carbocycles. The summed E-state index contributed by atoms with van der Waals surface area (Å²) in [5.41, 5.74) is 4.37. The van der Waals surface area contributed by atoms with Crippen molar-refractivity contribution in [3.63, 3.8) is 0 Å². The van der Waals surface area contributed by atoms with Crippen molar-refractivity contribution in [2.45, 2.75) is 45.4 Å². The lowest BCUT2D eigenvalue weighted by atomic mass is 10.1. The summed E-state index contributed by atoms with van der Waals surface area (Å²) in [4.78, 5) is 4.77. The first-order chi connectivity index (χ1) is 13.1. The Balaban J connectivity index is 0.00000225. The topological polar surface area (TPSA) is 56.5 Å². The van der Waals surface area contributed by atoms with Crippen molar-refractivity contribution in [2.75, 3.05) is 13.2 Å². The highest BCUT2D eigenvalue weighted by atomic mass is 35.5. The number of aryl methyl sites for hydroxylation is 2. The van der Waals surface area contributed by atoms with Crippen LogP contribution in [0.4, 0.5) is 0 Å². The van der Waals surface area contributed by atoms with Crippen LogP contribution < -0.4 is 4.74 Å². The summed E-state index contributed by atoms with van der Waals surface area (Å²) in [5, 5.41) is 10.6. The van der Waals surface area contributed by atoms with Crippen molar-refractivity contribution in [3.05, 3.63) is 59.4 Å². The van der Waals surface area contributed by atoms with Gasteiger partial charge in [-0.05, 0) is 62.1 Å². The number of rotatable bonds is 6. The number of fused-ring (bicyclic) bond motifs is 1. The first-order valence-corrected chi connectivity index (χ1v) is 9.56. The SMILES string of the molecule is Cc1ccc(OCC(O)Cn2c(C3CCCO3)nc3ccccc32)cc1C.Cl. The summed E-state index contributed by atoms with van der Waals surface area (Å²) in [6, 6.07) is 14.0. The zero-order valence-electron chi connectivity index (χ0n) is 16.3. The highest BCUT2D eigenvalue weighted by Crippen LogP contribution is 2.30. The quantitative estimate of drug-likeness (QED) is 0.665. The highest BCUT2D eigenvalue weighted by molar-refractivity contribution is 5.85. The summed E-state index contributed by atoms with van der Waals surface area (Å²) >= 11 is 0. The molecule has 28 heavy (non-hydrogen) atoms. The standard InChI is InChI=1S/C22H26N2O3.ClH/c1-15-9-10-18(12-16(15)2)27-14-17(25)13-24-20-7-4-3-6-19(20)23-22(24)21-8-5-11-26-21;/h3-4,6-7,9-10,12,17,21,25H,5,8,11,13-14H2,1-2H3;1H. The first-order valence-electron chi connectivity index (χ1n) is 9.56. The maximum Gasteiger partial charge on any atom is 0.139 e. The van der Waals surface area contributed by atoms with Crippen molar-refractivity contribution >= 4 is 23.4 Å². The summed E-state index contributed by atoms with van der Waals surface area (Å²) < 4.78 is 13.7. The van der Waals surface area contributed by atoms with Gasteiger partial charge in [-0.25, -0.2) is 4.98 Å². The van der Waals surface area contributed by atoms with Crippen LogP contribution in [0.2, 0.25) is 0 Å². The molecule has 1 saturated heterocycles. The number of aromatic nitrogens is 2. The number of aliphatic hydroxyl groups excluding tert-OH is 1. The van der Waals surface area contributed by atoms with E-state index >= 15 is 0 Å². The molecule has 4 rings (SSSR count). The third kappa shape index (κ3) is 4.32. The minimum absolute atomic E-state index is 0. The number of imidazole rings is 1. The minimum Gasteiger partial charge on any atom is -0.491 e. The molecular formula is C22H27ClN2O3. The zero-order valence-corrected chi connectivity index (χ0v) is 17.1. The predicted octanol–water partition coefficient (Wildman–Crippen LogP) is 4.37. The van der Waals surface area contributed by atoms with Crippen LogP contribution in [0, 0.1) is 13.8 Å². The second kappa shape index (κ2) is 8.95. The van der Waals surface area contributed by atoms with Gasteiger partial charge in [-0.3, -0.25) is 0 Å². The number of aliphatic hydroxyl groups is 1. The van der Waals surface area contributed by atoms with Gasteiger partial charge in [0.05, 0.1) is 17.6 Å². The van der Waals surface area contributed by atoms with Crippen molar-refractivity contribution in [1.29, 1.82) is 0 Å². The molecular weight excluding hydrogens is 376 g/mol. The number of para-hydroxylation sites is 2. The minimum atomic E-state index is -0.635. The molecule has 0 amide bonds. The molecule has 5 nitrogen and oxygen atoms in total. The molecule has 1 aromatic heterocycles. The van der Waals surface area contributed by atoms with Gasteiger partial charge in [-0.2, -0.15) is 0 Å². The molecule has 0 bridgehead atoms. The van der Waals surface area contributed by atoms with E-state index in [-0.39, 0.29) is 25.1 Å². The van der Waals surface area contributed by atoms with Gasteiger partial charge in [0.1, 0.15) is 30.4 Å². The molecule has 2 atom stereocenters. The third-order valence-electron chi connectivity index (χ3n) is 5.22. The van der Waals surface area contributed by atoms with Crippen molar-refractivity contribution in [3.8, 4) is 5.75 Å². The molecule has 6 heteroatoms. The maximum atomic E-state index is 10.6. The van der Waals surface area contributed by atoms with E-state index in [1.54, 1.807) is 0 Å². The van der Waals surface area contributed by atoms with Crippen molar-refractivity contribution in [2.24, 2.45) is 0 Å². The molecule has 150 valence electrons. The zero-order chi connectivity index (χ0) is 18.8. The highest BCUT2D eigenvalue weighted by Gasteiger charge is 2.25. The normalized spacial score (nSPS) is 17.5. The van der Waals surface area contributed by atoms with Crippen LogP contribution in [0.15, 0.2) is 42.5 Å². The van der Waals surface area contributed by atoms with Gasteiger partial charge in [0, 0.05) is 6.61 Å². The molecule has 3 aromatic rings. The van der Waals surface area contributed by atoms with Crippen LogP contribution in [0.25, 0.3) is 11.0 Å². The molecule has 1 aliphatic heterocycles. The van der Waals surface area contributed by atoms with Gasteiger partial charge in [0.25, 0.3) is 0 Å². The Morgan fingerprint density at radius 1 is 1.21 bits per heavy atom. The number of nitrogens with zero attached hydrogens (tertiary/aromatic N) is 2. The number of halogens is 1. The fraction of sp³-hybridized carbons (Fsp3) is 0.409. The van der Waals surface area contributed by atoms with E-state index in [0.717, 1.165) is 42.1 Å². The van der Waals surface area contributed by atoms with Crippen LogP contribution in [0.1, 0.15) is 35.9 Å². The van der Waals surface area contributed by atoms with Crippen LogP contribution in [0.5, 0.6) is 5.75 Å². The van der Waals surface area contributed by atoms with Gasteiger partial charge in [-0.1, -0.05) is 18.2 Å². The molecule has 2 heterocycles. The predicted molar refractivity (Wildman–Crippen MR) is 112 cm³/mol. The average Bonchev–Trinajstić information content (AvgIpc) is 3.31. The van der Waals surface area contributed by atoms with Crippen molar-refractivity contribution in [1.82, 2.24) is 9.55 Å². The van der Waals surface area contributed by atoms with E-state index in [0.29, 0.717) is 6.54 Å². The Labute approximate surface area is 171 Å². The van der Waals surface area contributed by atoms with Gasteiger partial charge < -0.3 is 19.1 Å².